The molecule has 0 aliphatic heterocycles. The lowest BCUT2D eigenvalue weighted by atomic mass is 10.1. The molecule has 0 unspecified atom stereocenters. The van der Waals surface area contributed by atoms with Crippen LogP contribution in [-0.2, 0) is 0 Å². The number of phenolic OH excluding ortho intramolecular Hbond substituents is 2. The van der Waals surface area contributed by atoms with E-state index in [2.05, 4.69) is 5.32 Å². The number of anilines is 2. The molecule has 0 saturated carbocycles. The lowest BCUT2D eigenvalue weighted by Gasteiger charge is -2.10. The Balaban J connectivity index is 2.40. The fourth-order valence-corrected chi connectivity index (χ4v) is 1.51. The molecule has 0 spiro atoms. The van der Waals surface area contributed by atoms with E-state index in [9.17, 15) is 15.0 Å². The Kier molecular flexibility index (Phi) is 2.96. The van der Waals surface area contributed by atoms with Crippen molar-refractivity contribution >= 4 is 17.7 Å². The molecule has 3 N–H and O–H groups in total. The maximum absolute atomic E-state index is 10.9. The molecule has 2 rings (SSSR count). The molecule has 0 amide bonds. The number of aldehydes is 1. The van der Waals surface area contributed by atoms with Crippen LogP contribution in [0.15, 0.2) is 42.5 Å². The summed E-state index contributed by atoms with van der Waals surface area (Å²) in [6.07, 6.45) is 0.567. The van der Waals surface area contributed by atoms with E-state index in [4.69, 9.17) is 0 Å². The molecule has 2 aromatic carbocycles. The maximum atomic E-state index is 10.9. The van der Waals surface area contributed by atoms with Crippen molar-refractivity contribution in [1.82, 2.24) is 0 Å². The molecule has 2 aromatic rings. The summed E-state index contributed by atoms with van der Waals surface area (Å²) < 4.78 is 0. The Morgan fingerprint density at radius 2 is 1.53 bits per heavy atom. The van der Waals surface area contributed by atoms with Crippen molar-refractivity contribution in [3.05, 3.63) is 48.0 Å². The third kappa shape index (κ3) is 2.20. The van der Waals surface area contributed by atoms with Crippen molar-refractivity contribution in [2.24, 2.45) is 0 Å². The Hall–Kier alpha value is -2.49. The van der Waals surface area contributed by atoms with Crippen molar-refractivity contribution in [3.8, 4) is 11.5 Å². The van der Waals surface area contributed by atoms with Crippen LogP contribution in [0.25, 0.3) is 0 Å². The lowest BCUT2D eigenvalue weighted by molar-refractivity contribution is 0.112. The van der Waals surface area contributed by atoms with E-state index in [0.29, 0.717) is 17.7 Å². The monoisotopic (exact) mass is 229 g/mol. The zero-order chi connectivity index (χ0) is 12.3. The minimum absolute atomic E-state index is 0.0766. The molecule has 0 aliphatic carbocycles. The van der Waals surface area contributed by atoms with Gasteiger partial charge in [-0.3, -0.25) is 4.79 Å². The molecule has 0 saturated heterocycles. The number of rotatable bonds is 3. The number of phenols is 2. The molecule has 17 heavy (non-hydrogen) atoms. The summed E-state index contributed by atoms with van der Waals surface area (Å²) in [5.74, 6) is -0.0203. The summed E-state index contributed by atoms with van der Waals surface area (Å²) in [6, 6.07) is 11.4. The molecule has 0 fully saturated rings. The molecule has 4 nitrogen and oxygen atoms in total. The van der Waals surface area contributed by atoms with Crippen molar-refractivity contribution in [2.75, 3.05) is 5.32 Å². The first-order valence-corrected chi connectivity index (χ1v) is 5.04. The molecule has 0 heterocycles. The average Bonchev–Trinajstić information content (AvgIpc) is 2.32. The summed E-state index contributed by atoms with van der Waals surface area (Å²) in [6.45, 7) is 0. The lowest BCUT2D eigenvalue weighted by Crippen LogP contribution is -1.95. The summed E-state index contributed by atoms with van der Waals surface area (Å²) in [4.78, 5) is 10.9. The first-order valence-electron chi connectivity index (χ1n) is 5.04. The summed E-state index contributed by atoms with van der Waals surface area (Å²) in [5.41, 5.74) is 1.08. The largest absolute Gasteiger partial charge is 0.507 e. The van der Waals surface area contributed by atoms with Crippen LogP contribution in [0.5, 0.6) is 11.5 Å². The highest BCUT2D eigenvalue weighted by molar-refractivity contribution is 5.89. The van der Waals surface area contributed by atoms with Gasteiger partial charge in [0.1, 0.15) is 11.5 Å². The second-order valence-corrected chi connectivity index (χ2v) is 3.50. The highest BCUT2D eigenvalue weighted by Crippen LogP contribution is 2.30. The first kappa shape index (κ1) is 11.0. The van der Waals surface area contributed by atoms with Gasteiger partial charge in [0.25, 0.3) is 0 Å². The van der Waals surface area contributed by atoms with Gasteiger partial charge in [-0.2, -0.15) is 0 Å². The van der Waals surface area contributed by atoms with Crippen LogP contribution in [0.1, 0.15) is 10.4 Å². The van der Waals surface area contributed by atoms with E-state index in [0.717, 1.165) is 0 Å². The smallest absolute Gasteiger partial charge is 0.155 e. The SMILES string of the molecule is O=Cc1c(O)cccc1Nc1ccccc1O. The van der Waals surface area contributed by atoms with E-state index in [1.54, 1.807) is 30.3 Å². The normalized spacial score (nSPS) is 9.88. The van der Waals surface area contributed by atoms with Crippen molar-refractivity contribution in [3.63, 3.8) is 0 Å². The van der Waals surface area contributed by atoms with Gasteiger partial charge in [-0.25, -0.2) is 0 Å². The Morgan fingerprint density at radius 3 is 2.24 bits per heavy atom. The predicted octanol–water partition coefficient (Wildman–Crippen LogP) is 2.65. The van der Waals surface area contributed by atoms with Crippen LogP contribution < -0.4 is 5.32 Å². The minimum atomic E-state index is -0.0968. The van der Waals surface area contributed by atoms with Crippen LogP contribution >= 0.6 is 0 Å². The van der Waals surface area contributed by atoms with E-state index >= 15 is 0 Å². The number of aromatic hydroxyl groups is 2. The Bertz CT molecular complexity index is 552. The quantitative estimate of drug-likeness (QED) is 0.559. The van der Waals surface area contributed by atoms with Gasteiger partial charge in [0.05, 0.1) is 16.9 Å². The van der Waals surface area contributed by atoms with Gasteiger partial charge in [-0.05, 0) is 24.3 Å². The van der Waals surface area contributed by atoms with Gasteiger partial charge in [0.15, 0.2) is 6.29 Å². The fourth-order valence-electron chi connectivity index (χ4n) is 1.51. The summed E-state index contributed by atoms with van der Waals surface area (Å²) >= 11 is 0. The van der Waals surface area contributed by atoms with Gasteiger partial charge >= 0.3 is 0 Å². The Morgan fingerprint density at radius 1 is 0.882 bits per heavy atom. The van der Waals surface area contributed by atoms with E-state index in [1.165, 1.54) is 12.1 Å². The number of hydrogen-bond donors (Lipinski definition) is 3. The standard InChI is InChI=1S/C13H11NO3/c15-8-9-10(5-3-7-12(9)16)14-11-4-1-2-6-13(11)17/h1-8,14,16-17H. The summed E-state index contributed by atoms with van der Waals surface area (Å²) in [7, 11) is 0. The zero-order valence-corrected chi connectivity index (χ0v) is 8.92. The van der Waals surface area contributed by atoms with Gasteiger partial charge in [-0.15, -0.1) is 0 Å². The minimum Gasteiger partial charge on any atom is -0.507 e. The van der Waals surface area contributed by atoms with Gasteiger partial charge in [-0.1, -0.05) is 18.2 Å². The van der Waals surface area contributed by atoms with E-state index in [-0.39, 0.29) is 17.1 Å². The first-order chi connectivity index (χ1) is 8.22. The van der Waals surface area contributed by atoms with E-state index < -0.39 is 0 Å². The van der Waals surface area contributed by atoms with Crippen molar-refractivity contribution in [1.29, 1.82) is 0 Å². The van der Waals surface area contributed by atoms with Crippen LogP contribution in [0.4, 0.5) is 11.4 Å². The highest BCUT2D eigenvalue weighted by Gasteiger charge is 2.08. The van der Waals surface area contributed by atoms with E-state index in [1.807, 2.05) is 0 Å². The zero-order valence-electron chi connectivity index (χ0n) is 8.92. The molecule has 0 aromatic heterocycles. The molecule has 4 heteroatoms. The third-order valence-electron chi connectivity index (χ3n) is 2.37. The predicted molar refractivity (Wildman–Crippen MR) is 64.9 cm³/mol. The Labute approximate surface area is 98.2 Å². The highest BCUT2D eigenvalue weighted by atomic mass is 16.3. The number of hydrogen-bond acceptors (Lipinski definition) is 4. The number of benzene rings is 2. The summed E-state index contributed by atoms with van der Waals surface area (Å²) in [5, 5.41) is 22.0. The van der Waals surface area contributed by atoms with Crippen LogP contribution in [-0.4, -0.2) is 16.5 Å². The molecular weight excluding hydrogens is 218 g/mol. The van der Waals surface area contributed by atoms with Crippen LogP contribution in [0, 0.1) is 0 Å². The number of para-hydroxylation sites is 2. The molecule has 0 bridgehead atoms. The molecular formula is C13H11NO3. The van der Waals surface area contributed by atoms with Crippen molar-refractivity contribution in [2.45, 2.75) is 0 Å². The molecule has 0 atom stereocenters. The van der Waals surface area contributed by atoms with Gasteiger partial charge in [0, 0.05) is 0 Å². The fraction of sp³-hybridized carbons (Fsp3) is 0. The van der Waals surface area contributed by atoms with Crippen LogP contribution in [0.3, 0.4) is 0 Å². The number of carbonyl (C=O) groups excluding carboxylic acids is 1. The van der Waals surface area contributed by atoms with Crippen LogP contribution in [0.2, 0.25) is 0 Å². The number of carbonyl (C=O) groups is 1. The third-order valence-corrected chi connectivity index (χ3v) is 2.37. The average molecular weight is 229 g/mol. The molecule has 86 valence electrons. The second-order valence-electron chi connectivity index (χ2n) is 3.50. The van der Waals surface area contributed by atoms with Crippen molar-refractivity contribution < 1.29 is 15.0 Å². The number of nitrogens with one attached hydrogen (secondary N) is 1. The topological polar surface area (TPSA) is 69.6 Å². The second kappa shape index (κ2) is 4.57. The van der Waals surface area contributed by atoms with Gasteiger partial charge in [0.2, 0.25) is 0 Å². The van der Waals surface area contributed by atoms with Gasteiger partial charge < -0.3 is 15.5 Å². The molecule has 0 aliphatic rings. The maximum Gasteiger partial charge on any atom is 0.155 e. The molecule has 0 radical (unpaired) electrons.